The summed E-state index contributed by atoms with van der Waals surface area (Å²) in [7, 11) is 0. The molecule has 3 unspecified atom stereocenters. The summed E-state index contributed by atoms with van der Waals surface area (Å²) < 4.78 is 0. The molecule has 1 saturated carbocycles. The molecule has 0 aromatic heterocycles. The molecule has 0 saturated heterocycles. The van der Waals surface area contributed by atoms with Gasteiger partial charge >= 0.3 is 0 Å². The average Bonchev–Trinajstić information content (AvgIpc) is 2.20. The van der Waals surface area contributed by atoms with Gasteiger partial charge in [0.15, 0.2) is 0 Å². The molecule has 0 N–H and O–H groups in total. The Balaban J connectivity index is 2.32. The summed E-state index contributed by atoms with van der Waals surface area (Å²) in [6, 6.07) is 0. The second-order valence-electron chi connectivity index (χ2n) is 5.59. The van der Waals surface area contributed by atoms with E-state index in [0.717, 1.165) is 22.6 Å². The fourth-order valence-corrected chi connectivity index (χ4v) is 3.57. The Morgan fingerprint density at radius 1 is 1.20 bits per heavy atom. The Labute approximate surface area is 104 Å². The number of halogens is 1. The van der Waals surface area contributed by atoms with E-state index < -0.39 is 0 Å². The quantitative estimate of drug-likeness (QED) is 0.465. The summed E-state index contributed by atoms with van der Waals surface area (Å²) in [5, 5.41) is 0. The summed E-state index contributed by atoms with van der Waals surface area (Å²) in [6.07, 6.45) is 9.98. The molecule has 3 atom stereocenters. The molecule has 0 bridgehead atoms. The number of hydrogen-bond acceptors (Lipinski definition) is 0. The summed E-state index contributed by atoms with van der Waals surface area (Å²) in [4.78, 5) is 0.810. The zero-order valence-electron chi connectivity index (χ0n) is 10.6. The van der Waals surface area contributed by atoms with Crippen molar-refractivity contribution in [3.63, 3.8) is 0 Å². The van der Waals surface area contributed by atoms with Crippen LogP contribution in [0, 0.1) is 17.8 Å². The van der Waals surface area contributed by atoms with E-state index in [1.54, 1.807) is 0 Å². The Morgan fingerprint density at radius 3 is 2.53 bits per heavy atom. The maximum Gasteiger partial charge on any atom is 0.0174 e. The predicted octanol–water partition coefficient (Wildman–Crippen LogP) is 5.40. The lowest BCUT2D eigenvalue weighted by Crippen LogP contribution is -2.27. The van der Waals surface area contributed by atoms with Crippen LogP contribution < -0.4 is 0 Å². The van der Waals surface area contributed by atoms with Crippen LogP contribution >= 0.6 is 15.9 Å². The minimum absolute atomic E-state index is 0.810. The third-order valence-electron chi connectivity index (χ3n) is 4.05. The summed E-state index contributed by atoms with van der Waals surface area (Å²) in [5.41, 5.74) is 0. The van der Waals surface area contributed by atoms with Crippen molar-refractivity contribution in [1.29, 1.82) is 0 Å². The first kappa shape index (κ1) is 13.5. The largest absolute Gasteiger partial charge is 0.0888 e. The molecule has 1 aliphatic rings. The molecule has 1 rings (SSSR count). The van der Waals surface area contributed by atoms with Crippen LogP contribution in [0.3, 0.4) is 0 Å². The molecule has 0 heterocycles. The lowest BCUT2D eigenvalue weighted by molar-refractivity contribution is 0.213. The fourth-order valence-electron chi connectivity index (χ4n) is 2.82. The number of unbranched alkanes of at least 4 members (excludes halogenated alkanes) is 2. The molecule has 15 heavy (non-hydrogen) atoms. The molecule has 1 fully saturated rings. The van der Waals surface area contributed by atoms with Gasteiger partial charge in [0.2, 0.25) is 0 Å². The third-order valence-corrected chi connectivity index (χ3v) is 5.26. The summed E-state index contributed by atoms with van der Waals surface area (Å²) in [5.74, 6) is 2.84. The molecule has 0 aromatic carbocycles. The Hall–Kier alpha value is 0.480. The lowest BCUT2D eigenvalue weighted by atomic mass is 9.74. The van der Waals surface area contributed by atoms with E-state index in [-0.39, 0.29) is 0 Å². The first-order valence-corrected chi connectivity index (χ1v) is 7.70. The molecule has 0 radical (unpaired) electrons. The van der Waals surface area contributed by atoms with E-state index >= 15 is 0 Å². The van der Waals surface area contributed by atoms with Crippen molar-refractivity contribution in [2.75, 3.05) is 0 Å². The van der Waals surface area contributed by atoms with E-state index in [1.165, 1.54) is 44.9 Å². The minimum atomic E-state index is 0.810. The van der Waals surface area contributed by atoms with E-state index in [9.17, 15) is 0 Å². The van der Waals surface area contributed by atoms with E-state index in [1.807, 2.05) is 0 Å². The lowest BCUT2D eigenvalue weighted by Gasteiger charge is -2.35. The molecule has 0 spiro atoms. The van der Waals surface area contributed by atoms with E-state index in [2.05, 4.69) is 36.7 Å². The third kappa shape index (κ3) is 4.46. The normalized spacial score (nSPS) is 32.2. The summed E-state index contributed by atoms with van der Waals surface area (Å²) in [6.45, 7) is 7.08. The van der Waals surface area contributed by atoms with Gasteiger partial charge in [-0.25, -0.2) is 0 Å². The van der Waals surface area contributed by atoms with Gasteiger partial charge in [-0.15, -0.1) is 0 Å². The molecule has 0 aliphatic heterocycles. The highest BCUT2D eigenvalue weighted by Gasteiger charge is 2.29. The van der Waals surface area contributed by atoms with Gasteiger partial charge in [0.25, 0.3) is 0 Å². The highest BCUT2D eigenvalue weighted by molar-refractivity contribution is 9.09. The van der Waals surface area contributed by atoms with Gasteiger partial charge in [-0.2, -0.15) is 0 Å². The molecule has 0 aromatic rings. The van der Waals surface area contributed by atoms with Crippen LogP contribution in [-0.2, 0) is 0 Å². The maximum atomic E-state index is 3.88. The SMILES string of the molecule is CCCCCC1CC(C(C)C)CCC1Br. The van der Waals surface area contributed by atoms with Crippen molar-refractivity contribution in [3.8, 4) is 0 Å². The first-order valence-electron chi connectivity index (χ1n) is 6.79. The maximum absolute atomic E-state index is 3.88. The van der Waals surface area contributed by atoms with Crippen molar-refractivity contribution in [3.05, 3.63) is 0 Å². The van der Waals surface area contributed by atoms with Gasteiger partial charge < -0.3 is 0 Å². The predicted molar refractivity (Wildman–Crippen MR) is 72.5 cm³/mol. The number of hydrogen-bond donors (Lipinski definition) is 0. The van der Waals surface area contributed by atoms with Crippen LogP contribution in [0.15, 0.2) is 0 Å². The average molecular weight is 275 g/mol. The van der Waals surface area contributed by atoms with Crippen LogP contribution in [0.2, 0.25) is 0 Å². The fraction of sp³-hybridized carbons (Fsp3) is 1.00. The molecule has 90 valence electrons. The van der Waals surface area contributed by atoms with Gasteiger partial charge in [0.1, 0.15) is 0 Å². The number of alkyl halides is 1. The Kier molecular flexibility index (Phi) is 6.26. The van der Waals surface area contributed by atoms with Gasteiger partial charge in [-0.05, 0) is 43.4 Å². The van der Waals surface area contributed by atoms with Crippen molar-refractivity contribution in [2.45, 2.75) is 70.5 Å². The second kappa shape index (κ2) is 6.93. The zero-order chi connectivity index (χ0) is 11.3. The van der Waals surface area contributed by atoms with Crippen molar-refractivity contribution < 1.29 is 0 Å². The topological polar surface area (TPSA) is 0 Å². The van der Waals surface area contributed by atoms with Crippen molar-refractivity contribution in [1.82, 2.24) is 0 Å². The summed E-state index contributed by atoms with van der Waals surface area (Å²) >= 11 is 3.88. The smallest absolute Gasteiger partial charge is 0.0174 e. The second-order valence-corrected chi connectivity index (χ2v) is 6.77. The first-order chi connectivity index (χ1) is 7.15. The van der Waals surface area contributed by atoms with Crippen LogP contribution in [0.4, 0.5) is 0 Å². The standard InChI is InChI=1S/C14H27Br/c1-4-5-6-7-13-10-12(11(2)3)8-9-14(13)15/h11-14H,4-10H2,1-3H3. The number of rotatable bonds is 5. The van der Waals surface area contributed by atoms with Gasteiger partial charge in [-0.3, -0.25) is 0 Å². The minimum Gasteiger partial charge on any atom is -0.0888 e. The molecule has 0 nitrogen and oxygen atoms in total. The van der Waals surface area contributed by atoms with Crippen LogP contribution in [-0.4, -0.2) is 4.83 Å². The zero-order valence-corrected chi connectivity index (χ0v) is 12.2. The van der Waals surface area contributed by atoms with Crippen LogP contribution in [0.5, 0.6) is 0 Å². The monoisotopic (exact) mass is 274 g/mol. The molecule has 1 heteroatoms. The Bertz CT molecular complexity index is 165. The molecular weight excluding hydrogens is 248 g/mol. The molecular formula is C14H27Br. The highest BCUT2D eigenvalue weighted by atomic mass is 79.9. The molecule has 1 aliphatic carbocycles. The molecule has 0 amide bonds. The van der Waals surface area contributed by atoms with Gasteiger partial charge in [-0.1, -0.05) is 56.0 Å². The highest BCUT2D eigenvalue weighted by Crippen LogP contribution is 2.39. The van der Waals surface area contributed by atoms with Crippen molar-refractivity contribution in [2.24, 2.45) is 17.8 Å². The van der Waals surface area contributed by atoms with Gasteiger partial charge in [0.05, 0.1) is 0 Å². The van der Waals surface area contributed by atoms with E-state index in [4.69, 9.17) is 0 Å². The van der Waals surface area contributed by atoms with Crippen molar-refractivity contribution >= 4 is 15.9 Å². The van der Waals surface area contributed by atoms with E-state index in [0.29, 0.717) is 0 Å². The Morgan fingerprint density at radius 2 is 1.93 bits per heavy atom. The van der Waals surface area contributed by atoms with Crippen LogP contribution in [0.1, 0.15) is 65.7 Å². The van der Waals surface area contributed by atoms with Crippen LogP contribution in [0.25, 0.3) is 0 Å². The van der Waals surface area contributed by atoms with Gasteiger partial charge in [0, 0.05) is 4.83 Å².